The minimum atomic E-state index is -0.179. The Kier molecular flexibility index (Phi) is 5.46. The summed E-state index contributed by atoms with van der Waals surface area (Å²) < 4.78 is 1.39. The molecule has 2 aromatic heterocycles. The van der Waals surface area contributed by atoms with Crippen LogP contribution < -0.4 is 10.9 Å². The Morgan fingerprint density at radius 1 is 1.22 bits per heavy atom. The van der Waals surface area contributed by atoms with E-state index in [1.165, 1.54) is 33.4 Å². The zero-order valence-corrected chi connectivity index (χ0v) is 17.2. The maximum Gasteiger partial charge on any atom is 0.263 e. The number of aryl methyl sites for hydroxylation is 2. The van der Waals surface area contributed by atoms with Gasteiger partial charge in [0.05, 0.1) is 11.7 Å². The van der Waals surface area contributed by atoms with Crippen molar-refractivity contribution in [2.45, 2.75) is 47.2 Å². The van der Waals surface area contributed by atoms with Gasteiger partial charge in [-0.25, -0.2) is 4.98 Å². The predicted molar refractivity (Wildman–Crippen MR) is 111 cm³/mol. The van der Waals surface area contributed by atoms with Crippen LogP contribution in [0.2, 0.25) is 0 Å². The molecule has 142 valence electrons. The van der Waals surface area contributed by atoms with E-state index in [2.05, 4.69) is 36.3 Å². The van der Waals surface area contributed by atoms with Gasteiger partial charge in [0.1, 0.15) is 11.4 Å². The van der Waals surface area contributed by atoms with Crippen LogP contribution in [-0.4, -0.2) is 21.5 Å². The number of nitrogens with one attached hydrogen (secondary N) is 1. The van der Waals surface area contributed by atoms with E-state index in [4.69, 9.17) is 0 Å². The first-order valence-corrected chi connectivity index (χ1v) is 9.99. The Labute approximate surface area is 163 Å². The maximum atomic E-state index is 13.0. The Balaban J connectivity index is 1.98. The molecular formula is C21H25N3O2S. The van der Waals surface area contributed by atoms with Gasteiger partial charge in [-0.1, -0.05) is 32.0 Å². The van der Waals surface area contributed by atoms with Crippen molar-refractivity contribution in [3.8, 4) is 11.1 Å². The van der Waals surface area contributed by atoms with Gasteiger partial charge in [-0.3, -0.25) is 14.2 Å². The number of fused-ring (bicyclic) bond motifs is 1. The average molecular weight is 384 g/mol. The number of carbonyl (C=O) groups is 1. The molecule has 1 N–H and O–H groups in total. The fourth-order valence-corrected chi connectivity index (χ4v) is 3.73. The average Bonchev–Trinajstić information content (AvgIpc) is 3.04. The van der Waals surface area contributed by atoms with Crippen LogP contribution in [0.1, 0.15) is 31.9 Å². The Morgan fingerprint density at radius 3 is 2.63 bits per heavy atom. The Hall–Kier alpha value is -2.47. The molecule has 1 atom stereocenters. The van der Waals surface area contributed by atoms with Gasteiger partial charge in [0.2, 0.25) is 5.91 Å². The molecule has 0 saturated heterocycles. The highest BCUT2D eigenvalue weighted by Gasteiger charge is 2.16. The molecule has 0 aliphatic rings. The molecule has 1 amide bonds. The van der Waals surface area contributed by atoms with Gasteiger partial charge in [0.15, 0.2) is 0 Å². The molecule has 0 aliphatic heterocycles. The van der Waals surface area contributed by atoms with Crippen LogP contribution >= 0.6 is 11.3 Å². The molecule has 5 nitrogen and oxygen atoms in total. The van der Waals surface area contributed by atoms with Crippen LogP contribution in [-0.2, 0) is 11.3 Å². The molecule has 0 fully saturated rings. The zero-order chi connectivity index (χ0) is 19.7. The van der Waals surface area contributed by atoms with E-state index in [0.29, 0.717) is 16.1 Å². The lowest BCUT2D eigenvalue weighted by Crippen LogP contribution is -2.39. The molecule has 0 aliphatic carbocycles. The van der Waals surface area contributed by atoms with Crippen LogP contribution in [0.3, 0.4) is 0 Å². The van der Waals surface area contributed by atoms with Gasteiger partial charge < -0.3 is 5.32 Å². The van der Waals surface area contributed by atoms with Gasteiger partial charge in [-0.2, -0.15) is 0 Å². The number of benzene rings is 1. The first kappa shape index (κ1) is 19.3. The van der Waals surface area contributed by atoms with E-state index >= 15 is 0 Å². The van der Waals surface area contributed by atoms with Crippen molar-refractivity contribution >= 4 is 27.5 Å². The summed E-state index contributed by atoms with van der Waals surface area (Å²) >= 11 is 1.45. The van der Waals surface area contributed by atoms with Gasteiger partial charge in [-0.05, 0) is 43.4 Å². The van der Waals surface area contributed by atoms with Crippen LogP contribution in [0.5, 0.6) is 0 Å². The summed E-state index contributed by atoms with van der Waals surface area (Å²) in [6, 6.07) is 6.23. The van der Waals surface area contributed by atoms with Crippen LogP contribution in [0.15, 0.2) is 34.7 Å². The number of nitrogens with zero attached hydrogens (tertiary/aromatic N) is 2. The van der Waals surface area contributed by atoms with Gasteiger partial charge in [0, 0.05) is 17.0 Å². The maximum absolute atomic E-state index is 13.0. The highest BCUT2D eigenvalue weighted by atomic mass is 32.1. The molecule has 0 spiro atoms. The summed E-state index contributed by atoms with van der Waals surface area (Å²) in [5.74, 6) is 0.155. The summed E-state index contributed by atoms with van der Waals surface area (Å²) in [5.41, 5.74) is 4.09. The minimum Gasteiger partial charge on any atom is -0.352 e. The van der Waals surface area contributed by atoms with E-state index in [9.17, 15) is 9.59 Å². The van der Waals surface area contributed by atoms with Crippen molar-refractivity contribution in [1.29, 1.82) is 0 Å². The third kappa shape index (κ3) is 3.95. The molecule has 0 saturated carbocycles. The fraction of sp³-hybridized carbons (Fsp3) is 0.381. The topological polar surface area (TPSA) is 64.0 Å². The lowest BCUT2D eigenvalue weighted by atomic mass is 10.0. The van der Waals surface area contributed by atoms with Crippen molar-refractivity contribution in [2.24, 2.45) is 5.92 Å². The van der Waals surface area contributed by atoms with Crippen molar-refractivity contribution in [3.05, 3.63) is 51.4 Å². The number of hydrogen-bond acceptors (Lipinski definition) is 4. The van der Waals surface area contributed by atoms with Gasteiger partial charge in [-0.15, -0.1) is 11.3 Å². The molecule has 2 heterocycles. The largest absolute Gasteiger partial charge is 0.352 e. The van der Waals surface area contributed by atoms with E-state index < -0.39 is 0 Å². The summed E-state index contributed by atoms with van der Waals surface area (Å²) in [6.45, 7) is 10.2. The lowest BCUT2D eigenvalue weighted by Gasteiger charge is -2.17. The van der Waals surface area contributed by atoms with Crippen LogP contribution in [0.25, 0.3) is 21.3 Å². The molecule has 6 heteroatoms. The Morgan fingerprint density at radius 2 is 1.96 bits per heavy atom. The lowest BCUT2D eigenvalue weighted by molar-refractivity contribution is -0.122. The quantitative estimate of drug-likeness (QED) is 0.727. The van der Waals surface area contributed by atoms with E-state index in [-0.39, 0.29) is 24.1 Å². The smallest absolute Gasteiger partial charge is 0.263 e. The second-order valence-electron chi connectivity index (χ2n) is 7.41. The number of aromatic nitrogens is 2. The standard InChI is InChI=1S/C21H25N3O2S/c1-12(2)15(5)23-18(25)9-24-11-22-20-19(21(24)26)17(10-27-20)16-7-6-13(3)14(4)8-16/h6-8,10-12,15H,9H2,1-5H3,(H,23,25)/t15-/m1/s1. The number of thiophene rings is 1. The number of carbonyl (C=O) groups excluding carboxylic acids is 1. The Bertz CT molecular complexity index is 1050. The summed E-state index contributed by atoms with van der Waals surface area (Å²) in [7, 11) is 0. The third-order valence-electron chi connectivity index (χ3n) is 5.08. The highest BCUT2D eigenvalue weighted by molar-refractivity contribution is 7.17. The first-order chi connectivity index (χ1) is 12.8. The highest BCUT2D eigenvalue weighted by Crippen LogP contribution is 2.31. The molecule has 1 aromatic carbocycles. The van der Waals surface area contributed by atoms with E-state index in [0.717, 1.165) is 11.1 Å². The zero-order valence-electron chi connectivity index (χ0n) is 16.4. The number of rotatable bonds is 5. The molecule has 0 unspecified atom stereocenters. The van der Waals surface area contributed by atoms with Crippen molar-refractivity contribution in [3.63, 3.8) is 0 Å². The number of amides is 1. The fourth-order valence-electron chi connectivity index (χ4n) is 2.82. The second kappa shape index (κ2) is 7.64. The van der Waals surface area contributed by atoms with E-state index in [1.807, 2.05) is 32.2 Å². The van der Waals surface area contributed by atoms with E-state index in [1.54, 1.807) is 0 Å². The number of hydrogen-bond donors (Lipinski definition) is 1. The molecule has 0 radical (unpaired) electrons. The minimum absolute atomic E-state index is 0.0267. The summed E-state index contributed by atoms with van der Waals surface area (Å²) in [4.78, 5) is 30.4. The summed E-state index contributed by atoms with van der Waals surface area (Å²) in [5, 5.41) is 5.48. The summed E-state index contributed by atoms with van der Waals surface area (Å²) in [6.07, 6.45) is 1.46. The molecule has 3 aromatic rings. The molecule has 0 bridgehead atoms. The SMILES string of the molecule is Cc1ccc(-c2csc3ncn(CC(=O)N[C@H](C)C(C)C)c(=O)c23)cc1C. The van der Waals surface area contributed by atoms with Crippen molar-refractivity contribution in [1.82, 2.24) is 14.9 Å². The molecule has 3 rings (SSSR count). The van der Waals surface area contributed by atoms with Crippen molar-refractivity contribution in [2.75, 3.05) is 0 Å². The normalized spacial score (nSPS) is 12.5. The molecule has 27 heavy (non-hydrogen) atoms. The third-order valence-corrected chi connectivity index (χ3v) is 5.97. The van der Waals surface area contributed by atoms with Gasteiger partial charge in [0.25, 0.3) is 5.56 Å². The first-order valence-electron chi connectivity index (χ1n) is 9.11. The molecular weight excluding hydrogens is 358 g/mol. The van der Waals surface area contributed by atoms with Crippen molar-refractivity contribution < 1.29 is 4.79 Å². The monoisotopic (exact) mass is 383 g/mol. The predicted octanol–water partition coefficient (Wildman–Crippen LogP) is 3.90. The van der Waals surface area contributed by atoms with Gasteiger partial charge >= 0.3 is 0 Å². The van der Waals surface area contributed by atoms with Crippen LogP contribution in [0.4, 0.5) is 0 Å². The van der Waals surface area contributed by atoms with Crippen LogP contribution in [0, 0.1) is 19.8 Å². The second-order valence-corrected chi connectivity index (χ2v) is 8.26.